The molecule has 0 fully saturated rings. The molecule has 0 aromatic carbocycles. The largest absolute Gasteiger partial charge is 0.388 e. The first-order chi connectivity index (χ1) is 8.99. The number of amides is 1. The normalized spacial score (nSPS) is 11.8. The molecule has 2 N–H and O–H groups in total. The highest BCUT2D eigenvalue weighted by atomic mass is 35.5. The van der Waals surface area contributed by atoms with E-state index in [1.807, 2.05) is 13.8 Å². The van der Waals surface area contributed by atoms with Crippen LogP contribution in [0.4, 0.5) is 0 Å². The first kappa shape index (κ1) is 15.7. The number of aromatic nitrogens is 1. The van der Waals surface area contributed by atoms with Crippen molar-refractivity contribution in [2.75, 3.05) is 6.54 Å². The van der Waals surface area contributed by atoms with Crippen molar-refractivity contribution in [3.8, 4) is 0 Å². The van der Waals surface area contributed by atoms with Gasteiger partial charge in [0.1, 0.15) is 5.15 Å². The van der Waals surface area contributed by atoms with Crippen molar-refractivity contribution in [3.05, 3.63) is 35.1 Å². The first-order valence-electron chi connectivity index (χ1n) is 6.29. The van der Waals surface area contributed by atoms with Gasteiger partial charge in [-0.3, -0.25) is 4.79 Å². The number of nitrogens with one attached hydrogen (secondary N) is 1. The van der Waals surface area contributed by atoms with Gasteiger partial charge in [-0.1, -0.05) is 25.4 Å². The predicted octanol–water partition coefficient (Wildman–Crippen LogP) is 2.42. The fraction of sp³-hybridized carbons (Fsp3) is 0.429. The lowest BCUT2D eigenvalue weighted by molar-refractivity contribution is -0.117. The highest BCUT2D eigenvalue weighted by molar-refractivity contribution is 6.29. The highest BCUT2D eigenvalue weighted by Gasteiger charge is 2.22. The molecule has 0 bridgehead atoms. The van der Waals surface area contributed by atoms with Crippen LogP contribution in [0.5, 0.6) is 0 Å². The standard InChI is InChI=1S/C14H19ClN2O2/c1-3-14(19,4-2)10-17-13(18)6-5-11-7-8-16-12(15)9-11/h5-9,19H,3-4,10H2,1-2H3,(H,17,18)/b6-5+. The predicted molar refractivity (Wildman–Crippen MR) is 76.8 cm³/mol. The zero-order valence-electron chi connectivity index (χ0n) is 11.2. The second-order valence-corrected chi connectivity index (χ2v) is 4.78. The van der Waals surface area contributed by atoms with Crippen LogP contribution in [0.25, 0.3) is 6.08 Å². The lowest BCUT2D eigenvalue weighted by Crippen LogP contribution is -2.41. The number of pyridine rings is 1. The van der Waals surface area contributed by atoms with Crippen LogP contribution in [0.1, 0.15) is 32.3 Å². The fourth-order valence-electron chi connectivity index (χ4n) is 1.50. The average molecular weight is 283 g/mol. The van der Waals surface area contributed by atoms with Crippen molar-refractivity contribution in [2.24, 2.45) is 0 Å². The molecule has 1 amide bonds. The molecule has 19 heavy (non-hydrogen) atoms. The van der Waals surface area contributed by atoms with Gasteiger partial charge in [-0.15, -0.1) is 0 Å². The van der Waals surface area contributed by atoms with Crippen LogP contribution >= 0.6 is 11.6 Å². The summed E-state index contributed by atoms with van der Waals surface area (Å²) in [6.07, 6.45) is 5.85. The van der Waals surface area contributed by atoms with E-state index in [1.54, 1.807) is 24.4 Å². The molecule has 5 heteroatoms. The smallest absolute Gasteiger partial charge is 0.244 e. The van der Waals surface area contributed by atoms with Crippen LogP contribution < -0.4 is 5.32 Å². The average Bonchev–Trinajstić information content (AvgIpc) is 2.42. The molecule has 0 saturated carbocycles. The Morgan fingerprint density at radius 3 is 2.79 bits per heavy atom. The molecule has 0 unspecified atom stereocenters. The monoisotopic (exact) mass is 282 g/mol. The topological polar surface area (TPSA) is 62.2 Å². The summed E-state index contributed by atoms with van der Waals surface area (Å²) < 4.78 is 0. The maximum absolute atomic E-state index is 11.6. The van der Waals surface area contributed by atoms with E-state index in [1.165, 1.54) is 6.08 Å². The van der Waals surface area contributed by atoms with Gasteiger partial charge in [0.2, 0.25) is 5.91 Å². The Bertz CT molecular complexity index is 457. The molecule has 1 heterocycles. The molecule has 1 rings (SSSR count). The number of nitrogens with zero attached hydrogens (tertiary/aromatic N) is 1. The molecule has 4 nitrogen and oxygen atoms in total. The Labute approximate surface area is 118 Å². The van der Waals surface area contributed by atoms with Gasteiger partial charge >= 0.3 is 0 Å². The van der Waals surface area contributed by atoms with Crippen LogP contribution in [0, 0.1) is 0 Å². The SMILES string of the molecule is CCC(O)(CC)CNC(=O)/C=C/c1ccnc(Cl)c1. The molecular formula is C14H19ClN2O2. The zero-order chi connectivity index (χ0) is 14.3. The van der Waals surface area contributed by atoms with Crippen molar-refractivity contribution in [2.45, 2.75) is 32.3 Å². The molecule has 1 aromatic rings. The lowest BCUT2D eigenvalue weighted by atomic mass is 9.98. The summed E-state index contributed by atoms with van der Waals surface area (Å²) in [5.41, 5.74) is -0.0277. The zero-order valence-corrected chi connectivity index (χ0v) is 11.9. The third-order valence-electron chi connectivity index (χ3n) is 3.09. The van der Waals surface area contributed by atoms with Crippen LogP contribution in [-0.4, -0.2) is 28.1 Å². The van der Waals surface area contributed by atoms with E-state index in [0.717, 1.165) is 5.56 Å². The summed E-state index contributed by atoms with van der Waals surface area (Å²) in [6.45, 7) is 4.04. The van der Waals surface area contributed by atoms with Gasteiger partial charge in [-0.05, 0) is 36.6 Å². The third kappa shape index (κ3) is 5.41. The quantitative estimate of drug-likeness (QED) is 0.622. The minimum absolute atomic E-state index is 0.242. The number of rotatable bonds is 6. The van der Waals surface area contributed by atoms with Gasteiger partial charge in [0, 0.05) is 18.8 Å². The van der Waals surface area contributed by atoms with E-state index in [4.69, 9.17) is 11.6 Å². The van der Waals surface area contributed by atoms with E-state index in [0.29, 0.717) is 18.0 Å². The maximum atomic E-state index is 11.6. The van der Waals surface area contributed by atoms with Crippen molar-refractivity contribution in [1.29, 1.82) is 0 Å². The Hall–Kier alpha value is -1.39. The summed E-state index contributed by atoms with van der Waals surface area (Å²) in [6, 6.07) is 3.42. The molecular weight excluding hydrogens is 264 g/mol. The van der Waals surface area contributed by atoms with E-state index in [9.17, 15) is 9.90 Å². The van der Waals surface area contributed by atoms with Gasteiger partial charge in [0.05, 0.1) is 5.60 Å². The van der Waals surface area contributed by atoms with E-state index < -0.39 is 5.60 Å². The number of hydrogen-bond acceptors (Lipinski definition) is 3. The summed E-state index contributed by atoms with van der Waals surface area (Å²) in [7, 11) is 0. The van der Waals surface area contributed by atoms with Gasteiger partial charge in [0.25, 0.3) is 0 Å². The Kier molecular flexibility index (Phi) is 5.99. The molecule has 0 saturated heterocycles. The van der Waals surface area contributed by atoms with E-state index >= 15 is 0 Å². The van der Waals surface area contributed by atoms with Gasteiger partial charge in [-0.2, -0.15) is 0 Å². The first-order valence-corrected chi connectivity index (χ1v) is 6.66. The van der Waals surface area contributed by atoms with Crippen molar-refractivity contribution in [3.63, 3.8) is 0 Å². The minimum Gasteiger partial charge on any atom is -0.388 e. The number of hydrogen-bond donors (Lipinski definition) is 2. The fourth-order valence-corrected chi connectivity index (χ4v) is 1.69. The summed E-state index contributed by atoms with van der Waals surface area (Å²) in [4.78, 5) is 15.5. The molecule has 0 aliphatic heterocycles. The second kappa shape index (κ2) is 7.26. The number of carbonyl (C=O) groups is 1. The number of aliphatic hydroxyl groups is 1. The van der Waals surface area contributed by atoms with Crippen LogP contribution in [0.2, 0.25) is 5.15 Å². The highest BCUT2D eigenvalue weighted by Crippen LogP contribution is 2.13. The van der Waals surface area contributed by atoms with Crippen molar-refractivity contribution in [1.82, 2.24) is 10.3 Å². The van der Waals surface area contributed by atoms with Gasteiger partial charge < -0.3 is 10.4 Å². The Morgan fingerprint density at radius 2 is 2.21 bits per heavy atom. The lowest BCUT2D eigenvalue weighted by Gasteiger charge is -2.24. The third-order valence-corrected chi connectivity index (χ3v) is 3.29. The molecule has 104 valence electrons. The van der Waals surface area contributed by atoms with E-state index in [2.05, 4.69) is 10.3 Å². The maximum Gasteiger partial charge on any atom is 0.244 e. The summed E-state index contributed by atoms with van der Waals surface area (Å²) in [5.74, 6) is -0.242. The molecule has 0 aliphatic rings. The number of carbonyl (C=O) groups excluding carboxylic acids is 1. The summed E-state index contributed by atoms with van der Waals surface area (Å²) >= 11 is 5.74. The molecule has 0 atom stereocenters. The molecule has 1 aromatic heterocycles. The van der Waals surface area contributed by atoms with Gasteiger partial charge in [-0.25, -0.2) is 4.98 Å². The van der Waals surface area contributed by atoms with Crippen LogP contribution in [-0.2, 0) is 4.79 Å². The second-order valence-electron chi connectivity index (χ2n) is 4.39. The van der Waals surface area contributed by atoms with Gasteiger partial charge in [0.15, 0.2) is 0 Å². The molecule has 0 radical (unpaired) electrons. The van der Waals surface area contributed by atoms with Crippen LogP contribution in [0.15, 0.2) is 24.4 Å². The summed E-state index contributed by atoms with van der Waals surface area (Å²) in [5, 5.41) is 13.1. The molecule has 0 aliphatic carbocycles. The van der Waals surface area contributed by atoms with E-state index in [-0.39, 0.29) is 12.5 Å². The Morgan fingerprint density at radius 1 is 1.53 bits per heavy atom. The molecule has 0 spiro atoms. The van der Waals surface area contributed by atoms with Crippen molar-refractivity contribution >= 4 is 23.6 Å². The Balaban J connectivity index is 2.52. The minimum atomic E-state index is -0.830. The number of halogens is 1. The van der Waals surface area contributed by atoms with Crippen molar-refractivity contribution < 1.29 is 9.90 Å². The van der Waals surface area contributed by atoms with Crippen LogP contribution in [0.3, 0.4) is 0 Å².